The van der Waals surface area contributed by atoms with Crippen LogP contribution >= 0.6 is 0 Å². The molecule has 0 spiro atoms. The minimum Gasteiger partial charge on any atom is -0.406 e. The number of benzene rings is 1. The summed E-state index contributed by atoms with van der Waals surface area (Å²) in [5.41, 5.74) is 0.495. The van der Waals surface area contributed by atoms with Gasteiger partial charge in [0.1, 0.15) is 11.6 Å². The van der Waals surface area contributed by atoms with E-state index in [9.17, 15) is 26.4 Å². The van der Waals surface area contributed by atoms with Crippen molar-refractivity contribution in [2.24, 2.45) is 7.05 Å². The Labute approximate surface area is 197 Å². The molecule has 35 heavy (non-hydrogen) atoms. The summed E-state index contributed by atoms with van der Waals surface area (Å²) in [4.78, 5) is 25.0. The summed E-state index contributed by atoms with van der Waals surface area (Å²) in [6.07, 6.45) is 0.638. The fraction of sp³-hybridized carbons (Fsp3) is 0.182. The number of pyridine rings is 1. The van der Waals surface area contributed by atoms with Crippen molar-refractivity contribution in [2.45, 2.75) is 18.2 Å². The molecule has 0 saturated heterocycles. The van der Waals surface area contributed by atoms with Gasteiger partial charge in [0, 0.05) is 42.8 Å². The average molecular weight is 505 g/mol. The molecule has 0 bridgehead atoms. The lowest BCUT2D eigenvalue weighted by atomic mass is 10.1. The third-order valence-corrected chi connectivity index (χ3v) is 6.87. The number of nitrogens with zero attached hydrogens (tertiary/aromatic N) is 5. The van der Waals surface area contributed by atoms with Crippen molar-refractivity contribution in [2.75, 3.05) is 5.75 Å². The predicted molar refractivity (Wildman–Crippen MR) is 120 cm³/mol. The van der Waals surface area contributed by atoms with Gasteiger partial charge in [-0.05, 0) is 30.3 Å². The molecule has 0 fully saturated rings. The van der Waals surface area contributed by atoms with Gasteiger partial charge in [-0.25, -0.2) is 23.4 Å². The number of aromatic nitrogens is 5. The maximum Gasteiger partial charge on any atom is 0.573 e. The quantitative estimate of drug-likeness (QED) is 0.395. The normalized spacial score (nSPS) is 12.0. The first-order chi connectivity index (χ1) is 16.5. The Hall–Kier alpha value is -4.00. The fourth-order valence-corrected chi connectivity index (χ4v) is 4.48. The summed E-state index contributed by atoms with van der Waals surface area (Å²) >= 11 is 0. The van der Waals surface area contributed by atoms with Gasteiger partial charge in [0.15, 0.2) is 9.84 Å². The third-order valence-electron chi connectivity index (χ3n) is 5.11. The Bertz CT molecular complexity index is 1530. The molecule has 0 atom stereocenters. The van der Waals surface area contributed by atoms with E-state index in [0.717, 1.165) is 22.8 Å². The van der Waals surface area contributed by atoms with Gasteiger partial charge < -0.3 is 9.30 Å². The first-order valence-corrected chi connectivity index (χ1v) is 11.8. The van der Waals surface area contributed by atoms with Gasteiger partial charge in [0.05, 0.1) is 22.5 Å². The zero-order valence-corrected chi connectivity index (χ0v) is 19.2. The molecule has 0 aliphatic rings. The van der Waals surface area contributed by atoms with Crippen LogP contribution in [0.4, 0.5) is 13.2 Å². The van der Waals surface area contributed by atoms with E-state index in [1.807, 2.05) is 0 Å². The molecule has 9 nitrogen and oxygen atoms in total. The number of hydrogen-bond acceptors (Lipinski definition) is 7. The second-order valence-electron chi connectivity index (χ2n) is 7.31. The van der Waals surface area contributed by atoms with E-state index in [4.69, 9.17) is 0 Å². The van der Waals surface area contributed by atoms with Crippen molar-refractivity contribution in [1.29, 1.82) is 0 Å². The summed E-state index contributed by atoms with van der Waals surface area (Å²) in [7, 11) is -2.21. The van der Waals surface area contributed by atoms with Crippen LogP contribution in [0, 0.1) is 0 Å². The average Bonchev–Trinajstić information content (AvgIpc) is 3.20. The number of alkyl halides is 3. The van der Waals surface area contributed by atoms with E-state index in [1.54, 1.807) is 17.7 Å². The van der Waals surface area contributed by atoms with Crippen LogP contribution in [-0.4, -0.2) is 44.6 Å². The molecule has 0 amide bonds. The Morgan fingerprint density at radius 2 is 1.71 bits per heavy atom. The van der Waals surface area contributed by atoms with E-state index in [2.05, 4.69) is 19.7 Å². The molecular formula is C22H18F3N5O4S. The van der Waals surface area contributed by atoms with Crippen molar-refractivity contribution in [3.63, 3.8) is 0 Å². The molecule has 1 aromatic carbocycles. The zero-order chi connectivity index (χ0) is 25.4. The molecular weight excluding hydrogens is 487 g/mol. The Kier molecular flexibility index (Phi) is 6.19. The summed E-state index contributed by atoms with van der Waals surface area (Å²) < 4.78 is 69.6. The van der Waals surface area contributed by atoms with Gasteiger partial charge in [0.2, 0.25) is 5.95 Å². The van der Waals surface area contributed by atoms with Crippen LogP contribution < -0.4 is 10.3 Å². The van der Waals surface area contributed by atoms with Gasteiger partial charge in [0.25, 0.3) is 5.56 Å². The van der Waals surface area contributed by atoms with Crippen LogP contribution in [0.25, 0.3) is 28.6 Å². The SMILES string of the molecule is CCS(=O)(=O)c1cn(-c2ncccn2)c(=O)cc1-c1ncc(-c2ccc(OC(F)(F)F)cc2)n1C. The number of hydrogen-bond donors (Lipinski definition) is 0. The highest BCUT2D eigenvalue weighted by molar-refractivity contribution is 7.91. The molecule has 182 valence electrons. The van der Waals surface area contributed by atoms with Crippen LogP contribution in [0.5, 0.6) is 5.75 Å². The van der Waals surface area contributed by atoms with Gasteiger partial charge in [-0.2, -0.15) is 0 Å². The van der Waals surface area contributed by atoms with E-state index in [-0.39, 0.29) is 33.7 Å². The van der Waals surface area contributed by atoms with Gasteiger partial charge in [-0.3, -0.25) is 9.36 Å². The topological polar surface area (TPSA) is 109 Å². The first kappa shape index (κ1) is 24.1. The summed E-state index contributed by atoms with van der Waals surface area (Å²) in [5, 5.41) is 0. The fourth-order valence-electron chi connectivity index (χ4n) is 3.42. The van der Waals surface area contributed by atoms with Crippen LogP contribution in [-0.2, 0) is 16.9 Å². The summed E-state index contributed by atoms with van der Waals surface area (Å²) in [6, 6.07) is 7.84. The molecule has 0 aliphatic carbocycles. The first-order valence-electron chi connectivity index (χ1n) is 10.2. The Balaban J connectivity index is 1.82. The number of sulfone groups is 1. The lowest BCUT2D eigenvalue weighted by molar-refractivity contribution is -0.274. The highest BCUT2D eigenvalue weighted by Crippen LogP contribution is 2.31. The van der Waals surface area contributed by atoms with Gasteiger partial charge >= 0.3 is 6.36 Å². The summed E-state index contributed by atoms with van der Waals surface area (Å²) in [6.45, 7) is 1.47. The van der Waals surface area contributed by atoms with Gasteiger partial charge in [-0.15, -0.1) is 13.2 Å². The molecule has 0 N–H and O–H groups in total. The van der Waals surface area contributed by atoms with Crippen LogP contribution in [0.15, 0.2) is 70.9 Å². The standard InChI is InChI=1S/C22H18F3N5O4S/c1-3-35(32,33)18-13-30(21-26-9-4-10-27-21)19(31)11-16(18)20-28-12-17(29(20)2)14-5-7-15(8-6-14)34-22(23,24)25/h4-13H,3H2,1-2H3. The molecule has 0 unspecified atom stereocenters. The highest BCUT2D eigenvalue weighted by atomic mass is 32.2. The van der Waals surface area contributed by atoms with E-state index in [0.29, 0.717) is 11.3 Å². The molecule has 0 radical (unpaired) electrons. The van der Waals surface area contributed by atoms with E-state index in [1.165, 1.54) is 43.8 Å². The van der Waals surface area contributed by atoms with Crippen LogP contribution in [0.2, 0.25) is 0 Å². The number of rotatable bonds is 6. The van der Waals surface area contributed by atoms with E-state index < -0.39 is 21.8 Å². The molecule has 4 aromatic rings. The van der Waals surface area contributed by atoms with Crippen molar-refractivity contribution in [3.8, 4) is 34.3 Å². The van der Waals surface area contributed by atoms with Gasteiger partial charge in [-0.1, -0.05) is 6.92 Å². The molecule has 4 rings (SSSR count). The maximum absolute atomic E-state index is 12.9. The Morgan fingerprint density at radius 3 is 2.31 bits per heavy atom. The Morgan fingerprint density at radius 1 is 1.06 bits per heavy atom. The van der Waals surface area contributed by atoms with Crippen LogP contribution in [0.1, 0.15) is 6.92 Å². The molecule has 3 heterocycles. The second-order valence-corrected chi connectivity index (χ2v) is 9.56. The van der Waals surface area contributed by atoms with Crippen molar-refractivity contribution in [3.05, 3.63) is 71.5 Å². The lowest BCUT2D eigenvalue weighted by Crippen LogP contribution is -2.22. The monoisotopic (exact) mass is 505 g/mol. The van der Waals surface area contributed by atoms with Crippen molar-refractivity contribution in [1.82, 2.24) is 24.1 Å². The molecule has 3 aromatic heterocycles. The second kappa shape index (κ2) is 8.98. The smallest absolute Gasteiger partial charge is 0.406 e. The molecule has 0 aliphatic heterocycles. The maximum atomic E-state index is 12.9. The molecule has 13 heteroatoms. The van der Waals surface area contributed by atoms with Crippen LogP contribution in [0.3, 0.4) is 0 Å². The number of halogens is 3. The highest BCUT2D eigenvalue weighted by Gasteiger charge is 2.31. The number of ether oxygens (including phenoxy) is 1. The minimum absolute atomic E-state index is 0.0123. The lowest BCUT2D eigenvalue weighted by Gasteiger charge is -2.13. The van der Waals surface area contributed by atoms with Crippen molar-refractivity contribution < 1.29 is 26.3 Å². The predicted octanol–water partition coefficient (Wildman–Crippen LogP) is 3.39. The largest absolute Gasteiger partial charge is 0.573 e. The number of imidazole rings is 1. The van der Waals surface area contributed by atoms with E-state index >= 15 is 0 Å². The molecule has 0 saturated carbocycles. The van der Waals surface area contributed by atoms with Crippen molar-refractivity contribution >= 4 is 9.84 Å². The zero-order valence-electron chi connectivity index (χ0n) is 18.4. The third kappa shape index (κ3) is 4.94. The minimum atomic E-state index is -4.81. The summed E-state index contributed by atoms with van der Waals surface area (Å²) in [5.74, 6) is -0.419.